The lowest BCUT2D eigenvalue weighted by Crippen LogP contribution is -2.54. The molecule has 0 spiro atoms. The minimum Gasteiger partial charge on any atom is -0.352 e. The molecule has 236 valence electrons. The van der Waals surface area contributed by atoms with Crippen LogP contribution in [0.15, 0.2) is 108 Å². The summed E-state index contributed by atoms with van der Waals surface area (Å²) >= 11 is 6.24. The average Bonchev–Trinajstić information content (AvgIpc) is 3.02. The highest BCUT2D eigenvalue weighted by molar-refractivity contribution is 7.92. The first-order chi connectivity index (χ1) is 21.5. The van der Waals surface area contributed by atoms with Crippen LogP contribution in [0.2, 0.25) is 5.02 Å². The number of carbonyl (C=O) groups excluding carboxylic acids is 2. The molecule has 0 fully saturated rings. The monoisotopic (exact) mass is 645 g/mol. The number of sulfonamides is 1. The molecule has 0 aromatic heterocycles. The summed E-state index contributed by atoms with van der Waals surface area (Å²) in [6.45, 7) is 7.12. The van der Waals surface area contributed by atoms with Crippen molar-refractivity contribution in [1.82, 2.24) is 10.2 Å². The number of aryl methyl sites for hydroxylation is 2. The first-order valence-electron chi connectivity index (χ1n) is 15.0. The molecule has 4 aromatic rings. The van der Waals surface area contributed by atoms with Crippen LogP contribution >= 0.6 is 11.6 Å². The smallest absolute Gasteiger partial charge is 0.264 e. The van der Waals surface area contributed by atoms with Gasteiger partial charge in [0.25, 0.3) is 10.0 Å². The van der Waals surface area contributed by atoms with Gasteiger partial charge in [-0.25, -0.2) is 8.42 Å². The van der Waals surface area contributed by atoms with Gasteiger partial charge in [-0.05, 0) is 74.2 Å². The molecule has 0 aliphatic rings. The number of carbonyl (C=O) groups is 2. The van der Waals surface area contributed by atoms with Crippen LogP contribution in [0.1, 0.15) is 42.5 Å². The molecule has 2 atom stereocenters. The summed E-state index contributed by atoms with van der Waals surface area (Å²) < 4.78 is 29.6. The molecule has 7 nitrogen and oxygen atoms in total. The zero-order chi connectivity index (χ0) is 32.6. The van der Waals surface area contributed by atoms with Crippen molar-refractivity contribution in [2.45, 2.75) is 64.1 Å². The zero-order valence-electron chi connectivity index (χ0n) is 26.1. The molecule has 4 aromatic carbocycles. The second-order valence-electron chi connectivity index (χ2n) is 11.3. The summed E-state index contributed by atoms with van der Waals surface area (Å²) in [7, 11) is -4.19. The number of benzene rings is 4. The SMILES string of the molecule is CC[C@H](C)NC(=O)[C@@H](Cc1ccccc1)N(Cc1ccccc1)C(=O)CN(c1ccc(Cl)cc1C)S(=O)(=O)c1ccc(C)cc1. The van der Waals surface area contributed by atoms with Crippen molar-refractivity contribution in [3.63, 3.8) is 0 Å². The van der Waals surface area contributed by atoms with Gasteiger partial charge in [0, 0.05) is 24.0 Å². The lowest BCUT2D eigenvalue weighted by atomic mass is 10.0. The topological polar surface area (TPSA) is 86.8 Å². The van der Waals surface area contributed by atoms with E-state index >= 15 is 0 Å². The molecule has 2 amide bonds. The Morgan fingerprint density at radius 2 is 1.44 bits per heavy atom. The Labute approximate surface area is 271 Å². The summed E-state index contributed by atoms with van der Waals surface area (Å²) in [6, 6.07) is 29.3. The predicted octanol–water partition coefficient (Wildman–Crippen LogP) is 6.71. The number of hydrogen-bond acceptors (Lipinski definition) is 4. The summed E-state index contributed by atoms with van der Waals surface area (Å²) in [5.74, 6) is -0.808. The fraction of sp³-hybridized carbons (Fsp3) is 0.278. The lowest BCUT2D eigenvalue weighted by molar-refractivity contribution is -0.140. The average molecular weight is 646 g/mol. The van der Waals surface area contributed by atoms with E-state index in [1.54, 1.807) is 37.3 Å². The van der Waals surface area contributed by atoms with Gasteiger partial charge < -0.3 is 10.2 Å². The van der Waals surface area contributed by atoms with E-state index in [-0.39, 0.29) is 29.8 Å². The van der Waals surface area contributed by atoms with Crippen LogP contribution in [0, 0.1) is 13.8 Å². The second kappa shape index (κ2) is 15.2. The van der Waals surface area contributed by atoms with Gasteiger partial charge in [0.2, 0.25) is 11.8 Å². The standard InChI is InChI=1S/C36H40ClN3O4S/c1-5-28(4)38-36(42)34(23-29-12-8-6-9-13-29)39(24-30-14-10-7-11-15-30)35(41)25-40(33-21-18-31(37)22-27(33)3)45(43,44)32-19-16-26(2)17-20-32/h6-22,28,34H,5,23-25H2,1-4H3,(H,38,42)/t28-,34+/m0/s1. The summed E-state index contributed by atoms with van der Waals surface area (Å²) in [4.78, 5) is 30.0. The van der Waals surface area contributed by atoms with Crippen LogP contribution in [-0.2, 0) is 32.6 Å². The van der Waals surface area contributed by atoms with E-state index in [2.05, 4.69) is 5.32 Å². The van der Waals surface area contributed by atoms with E-state index in [4.69, 9.17) is 11.6 Å². The van der Waals surface area contributed by atoms with Crippen molar-refractivity contribution in [3.8, 4) is 0 Å². The molecule has 0 saturated carbocycles. The van der Waals surface area contributed by atoms with Gasteiger partial charge in [-0.1, -0.05) is 96.9 Å². The number of anilines is 1. The van der Waals surface area contributed by atoms with Crippen LogP contribution in [0.25, 0.3) is 0 Å². The number of hydrogen-bond donors (Lipinski definition) is 1. The Morgan fingerprint density at radius 1 is 0.844 bits per heavy atom. The normalized spacial score (nSPS) is 12.6. The summed E-state index contributed by atoms with van der Waals surface area (Å²) in [5.41, 5.74) is 3.53. The van der Waals surface area contributed by atoms with Gasteiger partial charge >= 0.3 is 0 Å². The number of nitrogens with one attached hydrogen (secondary N) is 1. The van der Waals surface area contributed by atoms with E-state index in [9.17, 15) is 18.0 Å². The van der Waals surface area contributed by atoms with E-state index in [0.29, 0.717) is 16.3 Å². The van der Waals surface area contributed by atoms with E-state index < -0.39 is 28.5 Å². The van der Waals surface area contributed by atoms with Crippen LogP contribution < -0.4 is 9.62 Å². The molecule has 0 unspecified atom stereocenters. The van der Waals surface area contributed by atoms with Crippen LogP contribution in [0.4, 0.5) is 5.69 Å². The molecule has 0 radical (unpaired) electrons. The van der Waals surface area contributed by atoms with Gasteiger partial charge in [-0.2, -0.15) is 0 Å². The maximum absolute atomic E-state index is 14.5. The van der Waals surface area contributed by atoms with Crippen LogP contribution in [0.3, 0.4) is 0 Å². The molecule has 0 bridgehead atoms. The molecule has 45 heavy (non-hydrogen) atoms. The first-order valence-corrected chi connectivity index (χ1v) is 16.8. The van der Waals surface area contributed by atoms with Crippen molar-refractivity contribution in [1.29, 1.82) is 0 Å². The molecule has 0 aliphatic carbocycles. The minimum absolute atomic E-state index is 0.0557. The van der Waals surface area contributed by atoms with E-state index in [0.717, 1.165) is 27.4 Å². The fourth-order valence-corrected chi connectivity index (χ4v) is 6.73. The van der Waals surface area contributed by atoms with Gasteiger partial charge in [0.05, 0.1) is 10.6 Å². The molecule has 4 rings (SSSR count). The van der Waals surface area contributed by atoms with Crippen molar-refractivity contribution in [3.05, 3.63) is 130 Å². The van der Waals surface area contributed by atoms with Crippen molar-refractivity contribution < 1.29 is 18.0 Å². The molecular weight excluding hydrogens is 606 g/mol. The summed E-state index contributed by atoms with van der Waals surface area (Å²) in [5, 5.41) is 3.50. The lowest BCUT2D eigenvalue weighted by Gasteiger charge is -2.34. The number of amides is 2. The Morgan fingerprint density at radius 3 is 2.02 bits per heavy atom. The minimum atomic E-state index is -4.19. The molecule has 9 heteroatoms. The van der Waals surface area contributed by atoms with E-state index in [1.165, 1.54) is 17.0 Å². The van der Waals surface area contributed by atoms with Crippen molar-refractivity contribution >= 4 is 39.1 Å². The van der Waals surface area contributed by atoms with Crippen molar-refractivity contribution in [2.24, 2.45) is 0 Å². The van der Waals surface area contributed by atoms with Crippen molar-refractivity contribution in [2.75, 3.05) is 10.8 Å². The molecule has 0 aliphatic heterocycles. The fourth-order valence-electron chi connectivity index (χ4n) is 5.02. The third-order valence-electron chi connectivity index (χ3n) is 7.78. The molecule has 0 heterocycles. The van der Waals surface area contributed by atoms with Gasteiger partial charge in [0.15, 0.2) is 0 Å². The number of nitrogens with zero attached hydrogens (tertiary/aromatic N) is 2. The summed E-state index contributed by atoms with van der Waals surface area (Å²) in [6.07, 6.45) is 0.973. The second-order valence-corrected chi connectivity index (χ2v) is 13.6. The first kappa shape index (κ1) is 33.7. The highest BCUT2D eigenvalue weighted by Crippen LogP contribution is 2.30. The maximum atomic E-state index is 14.5. The highest BCUT2D eigenvalue weighted by atomic mass is 35.5. The Kier molecular flexibility index (Phi) is 11.4. The third-order valence-corrected chi connectivity index (χ3v) is 9.79. The van der Waals surface area contributed by atoms with Crippen LogP contribution in [-0.4, -0.2) is 43.8 Å². The Balaban J connectivity index is 1.82. The molecular formula is C36H40ClN3O4S. The quantitative estimate of drug-likeness (QED) is 0.175. The number of rotatable bonds is 13. The molecule has 0 saturated heterocycles. The predicted molar refractivity (Wildman–Crippen MR) is 181 cm³/mol. The third kappa shape index (κ3) is 8.74. The molecule has 1 N–H and O–H groups in total. The van der Waals surface area contributed by atoms with Crippen LogP contribution in [0.5, 0.6) is 0 Å². The van der Waals surface area contributed by atoms with E-state index in [1.807, 2.05) is 81.4 Å². The highest BCUT2D eigenvalue weighted by Gasteiger charge is 2.35. The Bertz CT molecular complexity index is 1700. The van der Waals surface area contributed by atoms with Gasteiger partial charge in [0.1, 0.15) is 12.6 Å². The van der Waals surface area contributed by atoms with Gasteiger partial charge in [-0.3, -0.25) is 13.9 Å². The largest absolute Gasteiger partial charge is 0.352 e. The maximum Gasteiger partial charge on any atom is 0.264 e. The Hall–Kier alpha value is -4.14. The number of halogens is 1. The zero-order valence-corrected chi connectivity index (χ0v) is 27.7. The van der Waals surface area contributed by atoms with Gasteiger partial charge in [-0.15, -0.1) is 0 Å².